The van der Waals surface area contributed by atoms with Crippen LogP contribution >= 0.6 is 0 Å². The zero-order valence-corrected chi connectivity index (χ0v) is 13.0. The van der Waals surface area contributed by atoms with Gasteiger partial charge in [-0.2, -0.15) is 18.3 Å². The highest BCUT2D eigenvalue weighted by molar-refractivity contribution is 6.10. The van der Waals surface area contributed by atoms with Crippen LogP contribution in [-0.2, 0) is 0 Å². The maximum Gasteiger partial charge on any atom is 0.422 e. The van der Waals surface area contributed by atoms with Crippen molar-refractivity contribution >= 4 is 22.4 Å². The molecule has 7 nitrogen and oxygen atoms in total. The Kier molecular flexibility index (Phi) is 4.57. The van der Waals surface area contributed by atoms with E-state index in [1.165, 1.54) is 12.1 Å². The van der Waals surface area contributed by atoms with Crippen LogP contribution in [0.4, 0.5) is 18.9 Å². The van der Waals surface area contributed by atoms with E-state index in [4.69, 9.17) is 0 Å². The first-order valence-corrected chi connectivity index (χ1v) is 7.28. The van der Waals surface area contributed by atoms with Gasteiger partial charge in [-0.15, -0.1) is 0 Å². The summed E-state index contributed by atoms with van der Waals surface area (Å²) < 4.78 is 40.8. The molecule has 1 aromatic carbocycles. The van der Waals surface area contributed by atoms with Gasteiger partial charge < -0.3 is 10.1 Å². The number of aromatic amines is 1. The van der Waals surface area contributed by atoms with Crippen molar-refractivity contribution in [3.05, 3.63) is 58.6 Å². The molecule has 0 spiro atoms. The van der Waals surface area contributed by atoms with Gasteiger partial charge in [0.05, 0.1) is 17.3 Å². The Labute approximate surface area is 143 Å². The number of rotatable bonds is 4. The molecule has 0 atom stereocenters. The van der Waals surface area contributed by atoms with Crippen molar-refractivity contribution in [3.8, 4) is 5.88 Å². The van der Waals surface area contributed by atoms with Gasteiger partial charge in [-0.3, -0.25) is 9.59 Å². The fourth-order valence-electron chi connectivity index (χ4n) is 2.17. The zero-order chi connectivity index (χ0) is 18.7. The molecule has 26 heavy (non-hydrogen) atoms. The molecule has 134 valence electrons. The average Bonchev–Trinajstić information content (AvgIpc) is 2.61. The van der Waals surface area contributed by atoms with Crippen molar-refractivity contribution < 1.29 is 22.7 Å². The fourth-order valence-corrected chi connectivity index (χ4v) is 2.17. The first kappa shape index (κ1) is 17.4. The van der Waals surface area contributed by atoms with E-state index in [0.717, 1.165) is 6.20 Å². The Morgan fingerprint density at radius 3 is 2.54 bits per heavy atom. The summed E-state index contributed by atoms with van der Waals surface area (Å²) >= 11 is 0. The summed E-state index contributed by atoms with van der Waals surface area (Å²) in [5, 5.41) is 9.18. The lowest BCUT2D eigenvalue weighted by Gasteiger charge is -2.09. The maximum atomic E-state index is 12.4. The number of carbonyl (C=O) groups is 1. The molecule has 0 aliphatic rings. The molecule has 0 radical (unpaired) electrons. The molecule has 3 rings (SSSR count). The predicted octanol–water partition coefficient (Wildman–Crippen LogP) is 2.51. The summed E-state index contributed by atoms with van der Waals surface area (Å²) in [5.41, 5.74) is -0.200. The number of halogens is 3. The normalized spacial score (nSPS) is 11.3. The minimum absolute atomic E-state index is 0.00222. The molecule has 10 heteroatoms. The summed E-state index contributed by atoms with van der Waals surface area (Å²) in [6.45, 7) is -1.46. The number of anilines is 1. The van der Waals surface area contributed by atoms with E-state index in [1.54, 1.807) is 24.3 Å². The number of H-pyrrole nitrogens is 1. The first-order chi connectivity index (χ1) is 12.3. The number of ether oxygens (including phenoxy) is 1. The number of carbonyl (C=O) groups excluding carboxylic acids is 1. The third-order valence-electron chi connectivity index (χ3n) is 3.29. The second kappa shape index (κ2) is 6.82. The largest absolute Gasteiger partial charge is 0.468 e. The van der Waals surface area contributed by atoms with Crippen molar-refractivity contribution in [2.45, 2.75) is 6.18 Å². The number of fused-ring (bicyclic) bond motifs is 1. The SMILES string of the molecule is O=C(Nc1ccc(OCC(F)(F)F)nc1)c1n[nH]c(=O)c2ccccc12. The summed E-state index contributed by atoms with van der Waals surface area (Å²) in [4.78, 5) is 27.8. The van der Waals surface area contributed by atoms with Crippen LogP contribution in [-0.4, -0.2) is 33.9 Å². The number of amides is 1. The van der Waals surface area contributed by atoms with E-state index in [-0.39, 0.29) is 17.3 Å². The number of hydrogen-bond donors (Lipinski definition) is 2. The van der Waals surface area contributed by atoms with Crippen LogP contribution in [0.1, 0.15) is 10.5 Å². The number of pyridine rings is 1. The third-order valence-corrected chi connectivity index (χ3v) is 3.29. The van der Waals surface area contributed by atoms with Crippen LogP contribution in [0.25, 0.3) is 10.8 Å². The van der Waals surface area contributed by atoms with Crippen molar-refractivity contribution in [2.75, 3.05) is 11.9 Å². The average molecular weight is 364 g/mol. The molecule has 1 amide bonds. The third kappa shape index (κ3) is 3.97. The van der Waals surface area contributed by atoms with E-state index in [0.29, 0.717) is 10.8 Å². The Hall–Kier alpha value is -3.43. The summed E-state index contributed by atoms with van der Waals surface area (Å²) in [5.74, 6) is -0.837. The van der Waals surface area contributed by atoms with Gasteiger partial charge in [0.25, 0.3) is 11.5 Å². The molecule has 0 saturated heterocycles. The number of alkyl halides is 3. The number of nitrogens with zero attached hydrogens (tertiary/aromatic N) is 2. The van der Waals surface area contributed by atoms with Gasteiger partial charge in [-0.1, -0.05) is 18.2 Å². The standard InChI is InChI=1S/C16H11F3N4O3/c17-16(18,19)8-26-12-6-5-9(7-20-12)21-15(25)13-10-3-1-2-4-11(10)14(24)23-22-13/h1-7H,8H2,(H,21,25)(H,23,24). The molecular weight excluding hydrogens is 353 g/mol. The van der Waals surface area contributed by atoms with Gasteiger partial charge in [0, 0.05) is 11.5 Å². The molecule has 0 fully saturated rings. The van der Waals surface area contributed by atoms with Crippen LogP contribution in [0.15, 0.2) is 47.4 Å². The van der Waals surface area contributed by atoms with E-state index < -0.39 is 24.2 Å². The summed E-state index contributed by atoms with van der Waals surface area (Å²) in [6, 6.07) is 8.99. The second-order valence-corrected chi connectivity index (χ2v) is 5.19. The summed E-state index contributed by atoms with van der Waals surface area (Å²) in [7, 11) is 0. The molecule has 2 aromatic heterocycles. The molecule has 0 aliphatic carbocycles. The summed E-state index contributed by atoms with van der Waals surface area (Å²) in [6.07, 6.45) is -3.32. The molecular formula is C16H11F3N4O3. The van der Waals surface area contributed by atoms with Crippen LogP contribution < -0.4 is 15.6 Å². The van der Waals surface area contributed by atoms with Gasteiger partial charge in [-0.25, -0.2) is 10.1 Å². The van der Waals surface area contributed by atoms with Crippen LogP contribution in [0.3, 0.4) is 0 Å². The van der Waals surface area contributed by atoms with Crippen LogP contribution in [0.2, 0.25) is 0 Å². The second-order valence-electron chi connectivity index (χ2n) is 5.19. The predicted molar refractivity (Wildman–Crippen MR) is 86.1 cm³/mol. The van der Waals surface area contributed by atoms with Gasteiger partial charge in [0.15, 0.2) is 12.3 Å². The van der Waals surface area contributed by atoms with Crippen molar-refractivity contribution in [1.29, 1.82) is 0 Å². The highest BCUT2D eigenvalue weighted by Crippen LogP contribution is 2.19. The monoisotopic (exact) mass is 364 g/mol. The molecule has 2 heterocycles. The van der Waals surface area contributed by atoms with Gasteiger partial charge in [0.2, 0.25) is 5.88 Å². The Morgan fingerprint density at radius 1 is 1.15 bits per heavy atom. The molecule has 3 aromatic rings. The minimum Gasteiger partial charge on any atom is -0.468 e. The highest BCUT2D eigenvalue weighted by Gasteiger charge is 2.28. The first-order valence-electron chi connectivity index (χ1n) is 7.28. The Balaban J connectivity index is 1.77. The Bertz CT molecular complexity index is 1000. The van der Waals surface area contributed by atoms with Gasteiger partial charge in [0.1, 0.15) is 0 Å². The fraction of sp³-hybridized carbons (Fsp3) is 0.125. The topological polar surface area (TPSA) is 97.0 Å². The van der Waals surface area contributed by atoms with Crippen LogP contribution in [0.5, 0.6) is 5.88 Å². The van der Waals surface area contributed by atoms with Gasteiger partial charge >= 0.3 is 6.18 Å². The van der Waals surface area contributed by atoms with Crippen molar-refractivity contribution in [3.63, 3.8) is 0 Å². The van der Waals surface area contributed by atoms with Crippen molar-refractivity contribution in [1.82, 2.24) is 15.2 Å². The van der Waals surface area contributed by atoms with E-state index in [1.807, 2.05) is 0 Å². The number of nitrogens with one attached hydrogen (secondary N) is 2. The number of hydrogen-bond acceptors (Lipinski definition) is 5. The molecule has 0 saturated carbocycles. The lowest BCUT2D eigenvalue weighted by atomic mass is 10.1. The van der Waals surface area contributed by atoms with E-state index >= 15 is 0 Å². The van der Waals surface area contributed by atoms with Crippen molar-refractivity contribution in [2.24, 2.45) is 0 Å². The Morgan fingerprint density at radius 2 is 1.88 bits per heavy atom. The lowest BCUT2D eigenvalue weighted by molar-refractivity contribution is -0.154. The van der Waals surface area contributed by atoms with E-state index in [9.17, 15) is 22.8 Å². The number of benzene rings is 1. The molecule has 2 N–H and O–H groups in total. The van der Waals surface area contributed by atoms with Gasteiger partial charge in [-0.05, 0) is 12.1 Å². The molecule has 0 bridgehead atoms. The molecule has 0 aliphatic heterocycles. The van der Waals surface area contributed by atoms with E-state index in [2.05, 4.69) is 25.2 Å². The van der Waals surface area contributed by atoms with Crippen LogP contribution in [0, 0.1) is 0 Å². The number of aromatic nitrogens is 3. The smallest absolute Gasteiger partial charge is 0.422 e. The minimum atomic E-state index is -4.47. The quantitative estimate of drug-likeness (QED) is 0.741. The lowest BCUT2D eigenvalue weighted by Crippen LogP contribution is -2.20. The molecule has 0 unspecified atom stereocenters. The highest BCUT2D eigenvalue weighted by atomic mass is 19.4. The maximum absolute atomic E-state index is 12.4. The zero-order valence-electron chi connectivity index (χ0n) is 13.0.